The molecule has 33 heavy (non-hydrogen) atoms. The van der Waals surface area contributed by atoms with Gasteiger partial charge in [-0.25, -0.2) is 4.98 Å². The summed E-state index contributed by atoms with van der Waals surface area (Å²) in [5.41, 5.74) is 16.1. The monoisotopic (exact) mass is 467 g/mol. The number of carbonyl (C=O) groups is 1. The SMILES string of the molecule is COC[C@@H]1CN(c2ccc3c(c2)OC[C@H](NC(=O)c2sc4nc(C)ccc4c2N)C3)C[C@@H]1N. The molecule has 4 heterocycles. The molecule has 0 spiro atoms. The molecule has 1 amide bonds. The van der Waals surface area contributed by atoms with Gasteiger partial charge >= 0.3 is 0 Å². The van der Waals surface area contributed by atoms with Crippen LogP contribution < -0.4 is 26.4 Å². The summed E-state index contributed by atoms with van der Waals surface area (Å²) < 4.78 is 11.3. The van der Waals surface area contributed by atoms with E-state index in [9.17, 15) is 4.79 Å². The molecule has 174 valence electrons. The number of aromatic nitrogens is 1. The molecule has 0 saturated carbocycles. The van der Waals surface area contributed by atoms with Crippen molar-refractivity contribution in [3.63, 3.8) is 0 Å². The number of benzene rings is 1. The third-order valence-corrected chi connectivity index (χ3v) is 7.58. The number of rotatable bonds is 5. The molecule has 3 aromatic rings. The van der Waals surface area contributed by atoms with E-state index in [2.05, 4.69) is 33.4 Å². The lowest BCUT2D eigenvalue weighted by Gasteiger charge is -2.28. The van der Waals surface area contributed by atoms with Crippen LogP contribution in [0.4, 0.5) is 11.4 Å². The maximum absolute atomic E-state index is 13.0. The zero-order chi connectivity index (χ0) is 23.1. The minimum Gasteiger partial charge on any atom is -0.491 e. The zero-order valence-electron chi connectivity index (χ0n) is 18.8. The first-order valence-corrected chi connectivity index (χ1v) is 12.0. The van der Waals surface area contributed by atoms with Crippen LogP contribution in [0.15, 0.2) is 30.3 Å². The molecule has 5 N–H and O–H groups in total. The average molecular weight is 468 g/mol. The van der Waals surface area contributed by atoms with Crippen molar-refractivity contribution in [3.8, 4) is 5.75 Å². The number of nitrogens with two attached hydrogens (primary N) is 2. The number of ether oxygens (including phenoxy) is 2. The van der Waals surface area contributed by atoms with Crippen LogP contribution in [-0.2, 0) is 11.2 Å². The number of fused-ring (bicyclic) bond motifs is 2. The number of hydrogen-bond acceptors (Lipinski definition) is 8. The molecule has 2 aliphatic rings. The summed E-state index contributed by atoms with van der Waals surface area (Å²) in [6, 6.07) is 10.1. The second kappa shape index (κ2) is 8.81. The van der Waals surface area contributed by atoms with Crippen molar-refractivity contribution in [1.29, 1.82) is 0 Å². The van der Waals surface area contributed by atoms with Gasteiger partial charge in [0.15, 0.2) is 0 Å². The lowest BCUT2D eigenvalue weighted by molar-refractivity contribution is 0.0920. The van der Waals surface area contributed by atoms with Gasteiger partial charge in [-0.05, 0) is 37.1 Å². The van der Waals surface area contributed by atoms with Gasteiger partial charge in [-0.2, -0.15) is 0 Å². The highest BCUT2D eigenvalue weighted by Crippen LogP contribution is 2.34. The first kappa shape index (κ1) is 21.9. The predicted octanol–water partition coefficient (Wildman–Crippen LogP) is 2.33. The molecule has 0 bridgehead atoms. The third kappa shape index (κ3) is 4.23. The average Bonchev–Trinajstić information content (AvgIpc) is 3.33. The lowest BCUT2D eigenvalue weighted by atomic mass is 10.0. The summed E-state index contributed by atoms with van der Waals surface area (Å²) in [5, 5.41) is 3.91. The molecule has 0 unspecified atom stereocenters. The number of carbonyl (C=O) groups excluding carboxylic acids is 1. The van der Waals surface area contributed by atoms with Crippen LogP contribution in [0.25, 0.3) is 10.2 Å². The highest BCUT2D eigenvalue weighted by molar-refractivity contribution is 7.21. The standard InChI is InChI=1S/C24H29N5O3S/c1-13-3-6-18-21(26)22(33-24(18)27-13)23(30)28-16-7-14-4-5-17(8-20(14)32-12-16)29-9-15(11-31-2)19(25)10-29/h3-6,8,15-16,19H,7,9-12,25-26H2,1-2H3,(H,28,30)/t15-,16+,19-/m0/s1. The number of anilines is 2. The van der Waals surface area contributed by atoms with E-state index in [0.717, 1.165) is 46.0 Å². The number of aryl methyl sites for hydroxylation is 1. The van der Waals surface area contributed by atoms with E-state index < -0.39 is 0 Å². The summed E-state index contributed by atoms with van der Waals surface area (Å²) in [5.74, 6) is 1.01. The van der Waals surface area contributed by atoms with Crippen molar-refractivity contribution < 1.29 is 14.3 Å². The molecule has 1 fully saturated rings. The highest BCUT2D eigenvalue weighted by Gasteiger charge is 2.31. The Labute approximate surface area is 196 Å². The van der Waals surface area contributed by atoms with Gasteiger partial charge in [0, 0.05) is 55.0 Å². The van der Waals surface area contributed by atoms with Gasteiger partial charge in [0.25, 0.3) is 5.91 Å². The van der Waals surface area contributed by atoms with Crippen molar-refractivity contribution in [2.24, 2.45) is 11.7 Å². The van der Waals surface area contributed by atoms with Gasteiger partial charge in [0.2, 0.25) is 0 Å². The topological polar surface area (TPSA) is 116 Å². The summed E-state index contributed by atoms with van der Waals surface area (Å²) in [7, 11) is 1.71. The van der Waals surface area contributed by atoms with Crippen molar-refractivity contribution in [2.45, 2.75) is 25.4 Å². The minimum absolute atomic E-state index is 0.0990. The van der Waals surface area contributed by atoms with E-state index in [1.165, 1.54) is 11.3 Å². The lowest BCUT2D eigenvalue weighted by Crippen LogP contribution is -2.42. The Kier molecular flexibility index (Phi) is 5.86. The maximum Gasteiger partial charge on any atom is 0.263 e. The smallest absolute Gasteiger partial charge is 0.263 e. The summed E-state index contributed by atoms with van der Waals surface area (Å²) >= 11 is 1.33. The fraction of sp³-hybridized carbons (Fsp3) is 0.417. The van der Waals surface area contributed by atoms with E-state index in [1.807, 2.05) is 19.1 Å². The van der Waals surface area contributed by atoms with Crippen LogP contribution in [0.1, 0.15) is 20.9 Å². The van der Waals surface area contributed by atoms with Crippen LogP contribution in [0, 0.1) is 12.8 Å². The van der Waals surface area contributed by atoms with Gasteiger partial charge in [-0.15, -0.1) is 11.3 Å². The predicted molar refractivity (Wildman–Crippen MR) is 131 cm³/mol. The second-order valence-corrected chi connectivity index (χ2v) is 9.91. The van der Waals surface area contributed by atoms with Crippen LogP contribution in [0.5, 0.6) is 5.75 Å². The molecule has 0 aliphatic carbocycles. The van der Waals surface area contributed by atoms with Crippen LogP contribution >= 0.6 is 11.3 Å². The molecular formula is C24H29N5O3S. The Hall–Kier alpha value is -2.88. The van der Waals surface area contributed by atoms with Crippen LogP contribution in [0.3, 0.4) is 0 Å². The van der Waals surface area contributed by atoms with Crippen molar-refractivity contribution >= 4 is 38.8 Å². The van der Waals surface area contributed by atoms with E-state index in [1.54, 1.807) is 7.11 Å². The number of pyridine rings is 1. The quantitative estimate of drug-likeness (QED) is 0.527. The second-order valence-electron chi connectivity index (χ2n) is 8.91. The highest BCUT2D eigenvalue weighted by atomic mass is 32.1. The Morgan fingerprint density at radius 2 is 2.18 bits per heavy atom. The number of nitrogen functional groups attached to an aromatic ring is 1. The minimum atomic E-state index is -0.183. The number of methoxy groups -OCH3 is 1. The van der Waals surface area contributed by atoms with Gasteiger partial charge in [-0.1, -0.05) is 6.07 Å². The summed E-state index contributed by atoms with van der Waals surface area (Å²) in [6.45, 7) is 4.68. The number of thiophene rings is 1. The number of amides is 1. The maximum atomic E-state index is 13.0. The normalized spacial score (nSPS) is 22.3. The van der Waals surface area contributed by atoms with E-state index >= 15 is 0 Å². The van der Waals surface area contributed by atoms with Crippen molar-refractivity contribution in [1.82, 2.24) is 10.3 Å². The molecule has 9 heteroatoms. The molecule has 1 saturated heterocycles. The molecular weight excluding hydrogens is 438 g/mol. The molecule has 2 aromatic heterocycles. The van der Waals surface area contributed by atoms with Gasteiger partial charge in [0.1, 0.15) is 22.1 Å². The molecule has 0 radical (unpaired) electrons. The Morgan fingerprint density at radius 3 is 3.00 bits per heavy atom. The first-order valence-electron chi connectivity index (χ1n) is 11.1. The van der Waals surface area contributed by atoms with Crippen molar-refractivity contribution in [3.05, 3.63) is 46.5 Å². The number of hydrogen-bond donors (Lipinski definition) is 3. The zero-order valence-corrected chi connectivity index (χ0v) is 19.7. The fourth-order valence-corrected chi connectivity index (χ4v) is 5.70. The van der Waals surface area contributed by atoms with E-state index in [-0.39, 0.29) is 18.0 Å². The number of nitrogens with zero attached hydrogens (tertiary/aromatic N) is 2. The molecule has 1 aromatic carbocycles. The Morgan fingerprint density at radius 1 is 1.33 bits per heavy atom. The van der Waals surface area contributed by atoms with Gasteiger partial charge in [-0.3, -0.25) is 4.79 Å². The number of nitrogens with one attached hydrogen (secondary N) is 1. The van der Waals surface area contributed by atoms with Gasteiger partial charge < -0.3 is 31.2 Å². The summed E-state index contributed by atoms with van der Waals surface area (Å²) in [4.78, 5) is 21.0. The van der Waals surface area contributed by atoms with E-state index in [0.29, 0.717) is 36.1 Å². The van der Waals surface area contributed by atoms with E-state index in [4.69, 9.17) is 20.9 Å². The summed E-state index contributed by atoms with van der Waals surface area (Å²) in [6.07, 6.45) is 0.704. The molecule has 3 atom stereocenters. The third-order valence-electron chi connectivity index (χ3n) is 6.47. The van der Waals surface area contributed by atoms with Crippen LogP contribution in [0.2, 0.25) is 0 Å². The first-order chi connectivity index (χ1) is 15.9. The molecule has 5 rings (SSSR count). The van der Waals surface area contributed by atoms with Gasteiger partial charge in [0.05, 0.1) is 18.3 Å². The van der Waals surface area contributed by atoms with Crippen molar-refractivity contribution in [2.75, 3.05) is 44.0 Å². The molecule has 8 nitrogen and oxygen atoms in total. The Balaban J connectivity index is 1.26. The fourth-order valence-electron chi connectivity index (χ4n) is 4.66. The molecule has 2 aliphatic heterocycles. The largest absolute Gasteiger partial charge is 0.491 e. The van der Waals surface area contributed by atoms with Crippen LogP contribution in [-0.4, -0.2) is 56.4 Å². The Bertz CT molecular complexity index is 1200.